The molecule has 2 aromatic rings. The Morgan fingerprint density at radius 3 is 2.73 bits per heavy atom. The van der Waals surface area contributed by atoms with Crippen LogP contribution in [0.3, 0.4) is 0 Å². The van der Waals surface area contributed by atoms with E-state index < -0.39 is 17.7 Å². The number of hydrogen-bond acceptors (Lipinski definition) is 3. The van der Waals surface area contributed by atoms with Gasteiger partial charge in [0.2, 0.25) is 0 Å². The molecule has 2 rings (SSSR count). The number of alkyl halides is 3. The maximum Gasteiger partial charge on any atom is 0.416 e. The number of benzene rings is 1. The summed E-state index contributed by atoms with van der Waals surface area (Å²) in [5.41, 5.74) is -0.110. The lowest BCUT2D eigenvalue weighted by molar-refractivity contribution is -0.149. The lowest BCUT2D eigenvalue weighted by Gasteiger charge is -2.11. The first kappa shape index (κ1) is 16.5. The van der Waals surface area contributed by atoms with Crippen molar-refractivity contribution in [2.24, 2.45) is 0 Å². The molecule has 120 valence electrons. The van der Waals surface area contributed by atoms with Crippen molar-refractivity contribution in [3.05, 3.63) is 28.5 Å². The number of H-pyrrole nitrogens is 1. The Morgan fingerprint density at radius 1 is 1.45 bits per heavy atom. The molecule has 1 aromatic carbocycles. The topological polar surface area (TPSA) is 47.0 Å². The number of imidazole rings is 1. The van der Waals surface area contributed by atoms with Crippen molar-refractivity contribution in [2.75, 3.05) is 0 Å². The molecule has 1 unspecified atom stereocenters. The molecule has 0 radical (unpaired) electrons. The van der Waals surface area contributed by atoms with Crippen molar-refractivity contribution in [1.82, 2.24) is 9.55 Å². The molecule has 1 atom stereocenters. The molecule has 0 saturated carbocycles. The van der Waals surface area contributed by atoms with Crippen LogP contribution in [0.5, 0.6) is 0 Å². The van der Waals surface area contributed by atoms with Gasteiger partial charge in [-0.15, -0.1) is 0 Å². The molecule has 0 aliphatic rings. The zero-order valence-corrected chi connectivity index (χ0v) is 12.8. The van der Waals surface area contributed by atoms with E-state index in [1.54, 1.807) is 6.92 Å². The van der Waals surface area contributed by atoms with Gasteiger partial charge in [-0.05, 0) is 43.8 Å². The van der Waals surface area contributed by atoms with Crippen LogP contribution in [0.15, 0.2) is 18.2 Å². The second-order valence-electron chi connectivity index (χ2n) is 4.95. The second-order valence-corrected chi connectivity index (χ2v) is 5.34. The average molecular weight is 332 g/mol. The normalized spacial score (nSPS) is 13.3. The fourth-order valence-electron chi connectivity index (χ4n) is 1.97. The van der Waals surface area contributed by atoms with E-state index in [0.717, 1.165) is 12.1 Å². The van der Waals surface area contributed by atoms with Gasteiger partial charge in [-0.2, -0.15) is 13.2 Å². The van der Waals surface area contributed by atoms with E-state index in [-0.39, 0.29) is 22.9 Å². The molecule has 0 saturated heterocycles. The third-order valence-electron chi connectivity index (χ3n) is 3.30. The van der Waals surface area contributed by atoms with Gasteiger partial charge in [-0.25, -0.2) is 0 Å². The number of halogens is 3. The second kappa shape index (κ2) is 6.12. The maximum atomic E-state index is 12.7. The summed E-state index contributed by atoms with van der Waals surface area (Å²) in [7, 11) is 0. The Balaban J connectivity index is 2.33. The number of aromatic nitrogens is 2. The number of carbonyl (C=O) groups is 1. The van der Waals surface area contributed by atoms with Crippen molar-refractivity contribution < 1.29 is 22.7 Å². The van der Waals surface area contributed by atoms with Crippen molar-refractivity contribution in [3.8, 4) is 0 Å². The third-order valence-corrected chi connectivity index (χ3v) is 3.62. The zero-order valence-electron chi connectivity index (χ0n) is 12.0. The highest BCUT2D eigenvalue weighted by Gasteiger charge is 2.30. The van der Waals surface area contributed by atoms with Crippen LogP contribution in [0.25, 0.3) is 11.0 Å². The zero-order chi connectivity index (χ0) is 16.5. The van der Waals surface area contributed by atoms with Crippen LogP contribution in [0.4, 0.5) is 13.2 Å². The van der Waals surface area contributed by atoms with E-state index >= 15 is 0 Å². The van der Waals surface area contributed by atoms with E-state index in [1.165, 1.54) is 10.6 Å². The van der Waals surface area contributed by atoms with Gasteiger partial charge < -0.3 is 14.3 Å². The molecule has 1 aromatic heterocycles. The van der Waals surface area contributed by atoms with Crippen molar-refractivity contribution in [2.45, 2.75) is 39.1 Å². The highest BCUT2D eigenvalue weighted by Crippen LogP contribution is 2.31. The highest BCUT2D eigenvalue weighted by molar-refractivity contribution is 7.71. The molecule has 1 N–H and O–H groups in total. The summed E-state index contributed by atoms with van der Waals surface area (Å²) in [6.45, 7) is 3.50. The number of fused-ring (bicyclic) bond motifs is 1. The fraction of sp³-hybridized carbons (Fsp3) is 0.429. The monoisotopic (exact) mass is 332 g/mol. The first-order valence-electron chi connectivity index (χ1n) is 6.71. The van der Waals surface area contributed by atoms with Crippen LogP contribution in [0.1, 0.15) is 25.8 Å². The SMILES string of the molecule is CCC(C)OC(=O)Cn1c(=S)[nH]c2cc(C(F)(F)F)ccc21. The number of nitrogens with one attached hydrogen (secondary N) is 1. The van der Waals surface area contributed by atoms with Crippen LogP contribution in [-0.4, -0.2) is 21.6 Å². The van der Waals surface area contributed by atoms with Crippen molar-refractivity contribution >= 4 is 29.2 Å². The van der Waals surface area contributed by atoms with E-state index in [4.69, 9.17) is 17.0 Å². The highest BCUT2D eigenvalue weighted by atomic mass is 32.1. The van der Waals surface area contributed by atoms with E-state index in [9.17, 15) is 18.0 Å². The van der Waals surface area contributed by atoms with Gasteiger partial charge in [0, 0.05) is 0 Å². The first-order chi connectivity index (χ1) is 10.2. The Bertz CT molecular complexity index is 749. The Hall–Kier alpha value is -1.83. The number of nitrogens with zero attached hydrogens (tertiary/aromatic N) is 1. The van der Waals surface area contributed by atoms with Gasteiger partial charge >= 0.3 is 12.1 Å². The number of aromatic amines is 1. The average Bonchev–Trinajstić information content (AvgIpc) is 2.73. The lowest BCUT2D eigenvalue weighted by Crippen LogP contribution is -2.19. The number of ether oxygens (including phenoxy) is 1. The number of carbonyl (C=O) groups excluding carboxylic acids is 1. The van der Waals surface area contributed by atoms with Crippen LogP contribution in [-0.2, 0) is 22.3 Å². The summed E-state index contributed by atoms with van der Waals surface area (Å²) < 4.78 is 44.8. The summed E-state index contributed by atoms with van der Waals surface area (Å²) in [6.07, 6.45) is -3.97. The van der Waals surface area contributed by atoms with Gasteiger partial charge in [0.1, 0.15) is 6.54 Å². The smallest absolute Gasteiger partial charge is 0.416 e. The molecule has 0 aliphatic carbocycles. The first-order valence-corrected chi connectivity index (χ1v) is 7.12. The van der Waals surface area contributed by atoms with Gasteiger partial charge in [0.15, 0.2) is 4.77 Å². The standard InChI is InChI=1S/C14H15F3N2O2S/c1-3-8(2)21-12(20)7-19-11-5-4-9(14(15,16)17)6-10(11)18-13(19)22/h4-6,8H,3,7H2,1-2H3,(H,18,22). The van der Waals surface area contributed by atoms with E-state index in [1.807, 2.05) is 6.92 Å². The third kappa shape index (κ3) is 3.49. The fourth-order valence-corrected chi connectivity index (χ4v) is 2.24. The quantitative estimate of drug-likeness (QED) is 0.678. The Kier molecular flexibility index (Phi) is 4.60. The van der Waals surface area contributed by atoms with Gasteiger partial charge in [-0.1, -0.05) is 6.92 Å². The molecule has 0 bridgehead atoms. The number of esters is 1. The van der Waals surface area contributed by atoms with Crippen LogP contribution >= 0.6 is 12.2 Å². The maximum absolute atomic E-state index is 12.7. The molecule has 4 nitrogen and oxygen atoms in total. The molecular formula is C14H15F3N2O2S. The molecule has 0 aliphatic heterocycles. The lowest BCUT2D eigenvalue weighted by atomic mass is 10.2. The minimum absolute atomic E-state index is 0.144. The molecule has 8 heteroatoms. The minimum atomic E-state index is -4.43. The summed E-state index contributed by atoms with van der Waals surface area (Å²) in [4.78, 5) is 14.5. The van der Waals surface area contributed by atoms with Gasteiger partial charge in [0.25, 0.3) is 0 Å². The molecule has 0 fully saturated rings. The molecule has 1 heterocycles. The van der Waals surface area contributed by atoms with Gasteiger partial charge in [0.05, 0.1) is 22.7 Å². The summed E-state index contributed by atoms with van der Waals surface area (Å²) in [5, 5.41) is 0. The van der Waals surface area contributed by atoms with E-state index in [0.29, 0.717) is 11.9 Å². The molecular weight excluding hydrogens is 317 g/mol. The Labute approximate surface area is 129 Å². The van der Waals surface area contributed by atoms with Crippen LogP contribution in [0.2, 0.25) is 0 Å². The molecule has 0 spiro atoms. The largest absolute Gasteiger partial charge is 0.461 e. The number of hydrogen-bond donors (Lipinski definition) is 1. The predicted molar refractivity (Wildman–Crippen MR) is 78.0 cm³/mol. The minimum Gasteiger partial charge on any atom is -0.461 e. The molecule has 0 amide bonds. The molecule has 22 heavy (non-hydrogen) atoms. The van der Waals surface area contributed by atoms with Crippen molar-refractivity contribution in [3.63, 3.8) is 0 Å². The van der Waals surface area contributed by atoms with Crippen molar-refractivity contribution in [1.29, 1.82) is 0 Å². The number of rotatable bonds is 4. The summed E-state index contributed by atoms with van der Waals surface area (Å²) >= 11 is 5.07. The predicted octanol–water partition coefficient (Wildman–Crippen LogP) is 4.06. The van der Waals surface area contributed by atoms with E-state index in [2.05, 4.69) is 4.98 Å². The summed E-state index contributed by atoms with van der Waals surface area (Å²) in [6, 6.07) is 3.23. The summed E-state index contributed by atoms with van der Waals surface area (Å²) in [5.74, 6) is -0.480. The van der Waals surface area contributed by atoms with Gasteiger partial charge in [-0.3, -0.25) is 4.79 Å². The van der Waals surface area contributed by atoms with Crippen LogP contribution in [0, 0.1) is 4.77 Å². The van der Waals surface area contributed by atoms with Crippen LogP contribution < -0.4 is 0 Å². The Morgan fingerprint density at radius 2 is 2.14 bits per heavy atom.